The number of benzene rings is 3. The molecule has 212 valence electrons. The van der Waals surface area contributed by atoms with Crippen LogP contribution in [-0.4, -0.2) is 72.1 Å². The monoisotopic (exact) mass is 592 g/mol. The Morgan fingerprint density at radius 3 is 2.54 bits per heavy atom. The molecule has 0 bridgehead atoms. The molecule has 12 heteroatoms. The topological polar surface area (TPSA) is 113 Å². The molecule has 1 aromatic heterocycles. The number of Topliss-reactive ketones (excluding diaryl/α,β-unsaturated/α-hetero) is 1. The van der Waals surface area contributed by atoms with Gasteiger partial charge >= 0.3 is 0 Å². The van der Waals surface area contributed by atoms with Crippen LogP contribution in [0, 0.1) is 0 Å². The quantitative estimate of drug-likeness (QED) is 0.208. The summed E-state index contributed by atoms with van der Waals surface area (Å²) in [5.41, 5.74) is 2.16. The number of ether oxygens (including phenoxy) is 3. The van der Waals surface area contributed by atoms with Gasteiger partial charge < -0.3 is 14.2 Å². The number of hydrogen-bond acceptors (Lipinski definition) is 9. The van der Waals surface area contributed by atoms with Crippen molar-refractivity contribution in [1.29, 1.82) is 0 Å². The number of rotatable bonds is 9. The molecular weight excluding hydrogens is 564 g/mol. The van der Waals surface area contributed by atoms with Crippen LogP contribution in [0.5, 0.6) is 11.5 Å². The minimum atomic E-state index is -3.70. The van der Waals surface area contributed by atoms with Gasteiger partial charge in [-0.2, -0.15) is 4.31 Å². The minimum absolute atomic E-state index is 0.0876. The summed E-state index contributed by atoms with van der Waals surface area (Å²) in [5.74, 6) is 1.72. The van der Waals surface area contributed by atoms with Gasteiger partial charge in [0.2, 0.25) is 16.8 Å². The lowest BCUT2D eigenvalue weighted by atomic mass is 10.1. The average molecular weight is 593 g/mol. The molecule has 41 heavy (non-hydrogen) atoms. The third-order valence-corrected chi connectivity index (χ3v) is 9.90. The van der Waals surface area contributed by atoms with Crippen LogP contribution < -0.4 is 9.47 Å². The summed E-state index contributed by atoms with van der Waals surface area (Å²) in [6, 6.07) is 21.6. The number of sulfonamides is 1. The largest absolute Gasteiger partial charge is 0.454 e. The zero-order valence-corrected chi connectivity index (χ0v) is 23.9. The summed E-state index contributed by atoms with van der Waals surface area (Å²) in [4.78, 5) is 13.3. The fourth-order valence-corrected chi connectivity index (χ4v) is 7.18. The van der Waals surface area contributed by atoms with Crippen molar-refractivity contribution in [2.75, 3.05) is 38.8 Å². The molecule has 1 saturated heterocycles. The molecule has 0 N–H and O–H groups in total. The van der Waals surface area contributed by atoms with Crippen molar-refractivity contribution in [2.24, 2.45) is 0 Å². The Bertz CT molecular complexity index is 1670. The molecule has 3 aromatic carbocycles. The first-order valence-corrected chi connectivity index (χ1v) is 15.6. The zero-order chi connectivity index (χ0) is 28.4. The summed E-state index contributed by atoms with van der Waals surface area (Å²) < 4.78 is 46.2. The number of carbonyl (C=O) groups is 1. The molecule has 4 aromatic rings. The first kappa shape index (κ1) is 27.5. The zero-order valence-electron chi connectivity index (χ0n) is 22.3. The van der Waals surface area contributed by atoms with Gasteiger partial charge in [0.15, 0.2) is 28.3 Å². The van der Waals surface area contributed by atoms with E-state index < -0.39 is 10.0 Å². The van der Waals surface area contributed by atoms with E-state index in [1.165, 1.54) is 16.1 Å². The van der Waals surface area contributed by atoms with Gasteiger partial charge in [0.1, 0.15) is 0 Å². The fourth-order valence-electron chi connectivity index (χ4n) is 4.82. The van der Waals surface area contributed by atoms with Crippen LogP contribution in [0.3, 0.4) is 0 Å². The summed E-state index contributed by atoms with van der Waals surface area (Å²) in [6.45, 7) is 3.53. The fraction of sp³-hybridized carbons (Fsp3) is 0.276. The van der Waals surface area contributed by atoms with E-state index in [2.05, 4.69) is 10.2 Å². The molecule has 0 saturated carbocycles. The number of ketones is 1. The molecule has 0 radical (unpaired) electrons. The molecule has 1 fully saturated rings. The number of fused-ring (bicyclic) bond motifs is 1. The Balaban J connectivity index is 1.32. The van der Waals surface area contributed by atoms with Gasteiger partial charge in [-0.3, -0.25) is 9.36 Å². The molecule has 1 atom stereocenters. The molecule has 2 aliphatic rings. The van der Waals surface area contributed by atoms with Crippen molar-refractivity contribution in [2.45, 2.75) is 23.0 Å². The highest BCUT2D eigenvalue weighted by atomic mass is 32.2. The smallest absolute Gasteiger partial charge is 0.243 e. The van der Waals surface area contributed by atoms with Gasteiger partial charge in [0, 0.05) is 24.2 Å². The van der Waals surface area contributed by atoms with Gasteiger partial charge in [-0.05, 0) is 42.8 Å². The van der Waals surface area contributed by atoms with Crippen molar-refractivity contribution in [3.05, 3.63) is 83.9 Å². The van der Waals surface area contributed by atoms with E-state index in [-0.39, 0.29) is 29.3 Å². The summed E-state index contributed by atoms with van der Waals surface area (Å²) >= 11 is 1.28. The number of carbonyl (C=O) groups excluding carboxylic acids is 1. The molecule has 0 amide bonds. The highest BCUT2D eigenvalue weighted by molar-refractivity contribution is 7.99. The van der Waals surface area contributed by atoms with Crippen molar-refractivity contribution < 1.29 is 27.4 Å². The number of morpholine rings is 1. The normalized spacial score (nSPS) is 16.0. The third kappa shape index (κ3) is 5.60. The maximum Gasteiger partial charge on any atom is 0.243 e. The highest BCUT2D eigenvalue weighted by Crippen LogP contribution is 2.35. The lowest BCUT2D eigenvalue weighted by Crippen LogP contribution is -2.40. The van der Waals surface area contributed by atoms with E-state index in [0.717, 1.165) is 5.56 Å². The van der Waals surface area contributed by atoms with E-state index >= 15 is 0 Å². The second-order valence-corrected chi connectivity index (χ2v) is 12.5. The molecule has 6 rings (SSSR count). The van der Waals surface area contributed by atoms with Crippen LogP contribution in [0.15, 0.2) is 82.8 Å². The molecule has 10 nitrogen and oxygen atoms in total. The maximum atomic E-state index is 13.4. The molecule has 0 unspecified atom stereocenters. The van der Waals surface area contributed by atoms with Gasteiger partial charge in [0.05, 0.1) is 29.9 Å². The highest BCUT2D eigenvalue weighted by Gasteiger charge is 2.28. The van der Waals surface area contributed by atoms with Crippen LogP contribution >= 0.6 is 11.8 Å². The van der Waals surface area contributed by atoms with E-state index in [1.54, 1.807) is 36.4 Å². The van der Waals surface area contributed by atoms with Crippen LogP contribution in [0.4, 0.5) is 0 Å². The number of aromatic nitrogens is 3. The van der Waals surface area contributed by atoms with Crippen molar-refractivity contribution in [1.82, 2.24) is 19.1 Å². The second kappa shape index (κ2) is 11.6. The van der Waals surface area contributed by atoms with E-state index in [4.69, 9.17) is 14.2 Å². The van der Waals surface area contributed by atoms with E-state index in [0.29, 0.717) is 59.9 Å². The molecule has 2 aliphatic heterocycles. The van der Waals surface area contributed by atoms with Gasteiger partial charge in [-0.15, -0.1) is 10.2 Å². The minimum Gasteiger partial charge on any atom is -0.454 e. The Hall–Kier alpha value is -3.71. The molecule has 0 aliphatic carbocycles. The standard InChI is InChI=1S/C29H28N4O6S2/c1-20(21-6-3-2-4-7-21)33-28(23-8-5-9-24(16-23)41(35,36)32-12-14-37-15-13-32)30-31-29(33)40-18-25(34)22-10-11-26-27(17-22)39-19-38-26/h2-11,16-17,20H,12-15,18-19H2,1H3/t20-/m0/s1. The van der Waals surface area contributed by atoms with Gasteiger partial charge in [-0.1, -0.05) is 54.2 Å². The van der Waals surface area contributed by atoms with Crippen molar-refractivity contribution in [3.8, 4) is 22.9 Å². The van der Waals surface area contributed by atoms with Crippen LogP contribution in [0.25, 0.3) is 11.4 Å². The van der Waals surface area contributed by atoms with Crippen molar-refractivity contribution in [3.63, 3.8) is 0 Å². The lowest BCUT2D eigenvalue weighted by Gasteiger charge is -2.26. The number of thioether (sulfide) groups is 1. The Morgan fingerprint density at radius 2 is 1.73 bits per heavy atom. The van der Waals surface area contributed by atoms with Gasteiger partial charge in [-0.25, -0.2) is 8.42 Å². The van der Waals surface area contributed by atoms with Crippen LogP contribution in [-0.2, 0) is 14.8 Å². The molecule has 3 heterocycles. The number of hydrogen-bond donors (Lipinski definition) is 0. The maximum absolute atomic E-state index is 13.4. The summed E-state index contributed by atoms with van der Waals surface area (Å²) in [5, 5.41) is 9.48. The summed E-state index contributed by atoms with van der Waals surface area (Å²) in [6.07, 6.45) is 0. The Morgan fingerprint density at radius 1 is 0.951 bits per heavy atom. The predicted octanol–water partition coefficient (Wildman–Crippen LogP) is 4.28. The van der Waals surface area contributed by atoms with Crippen molar-refractivity contribution >= 4 is 27.6 Å². The van der Waals surface area contributed by atoms with Crippen LogP contribution in [0.1, 0.15) is 28.9 Å². The first-order valence-electron chi connectivity index (χ1n) is 13.2. The predicted molar refractivity (Wildman–Crippen MR) is 153 cm³/mol. The summed E-state index contributed by atoms with van der Waals surface area (Å²) in [7, 11) is -3.70. The second-order valence-electron chi connectivity index (χ2n) is 9.59. The lowest BCUT2D eigenvalue weighted by molar-refractivity contribution is 0.0730. The average Bonchev–Trinajstić information content (AvgIpc) is 3.67. The third-order valence-electron chi connectivity index (χ3n) is 7.06. The Labute approximate surface area is 242 Å². The first-order chi connectivity index (χ1) is 19.9. The van der Waals surface area contributed by atoms with Crippen LogP contribution in [0.2, 0.25) is 0 Å². The van der Waals surface area contributed by atoms with E-state index in [9.17, 15) is 13.2 Å². The SMILES string of the molecule is C[C@@H](c1ccccc1)n1c(SCC(=O)c2ccc3c(c2)OCO3)nnc1-c1cccc(S(=O)(=O)N2CCOCC2)c1. The molecule has 0 spiro atoms. The van der Waals surface area contributed by atoms with Gasteiger partial charge in [0.25, 0.3) is 0 Å². The number of nitrogens with zero attached hydrogens (tertiary/aromatic N) is 4. The molecular formula is C29H28N4O6S2. The van der Waals surface area contributed by atoms with E-state index in [1.807, 2.05) is 47.9 Å². The Kier molecular flexibility index (Phi) is 7.80.